The highest BCUT2D eigenvalue weighted by Gasteiger charge is 2.30. The lowest BCUT2D eigenvalue weighted by atomic mass is 10.0. The minimum absolute atomic E-state index is 0.0432. The standard InChI is InChI=1S/C25H33N3O4.C2H2O4/c1-30-21-16-19(17-22(18-21)31-2)25(29)28-10-8-20(9-11-28)26-12-14-27(15-13-26)23-6-4-5-7-24(23)32-3;3-1(4)2(5)6/h4-7,16-18,20H,8-15H2,1-3H3;(H,3,4)(H,5,6). The van der Waals surface area contributed by atoms with Crippen molar-refractivity contribution < 1.29 is 38.8 Å². The van der Waals surface area contributed by atoms with Gasteiger partial charge in [0.2, 0.25) is 0 Å². The van der Waals surface area contributed by atoms with E-state index in [0.29, 0.717) is 23.1 Å². The number of rotatable bonds is 6. The molecule has 206 valence electrons. The lowest BCUT2D eigenvalue weighted by Gasteiger charge is -2.43. The fraction of sp³-hybridized carbons (Fsp3) is 0.444. The van der Waals surface area contributed by atoms with Crippen LogP contribution in [-0.4, -0.2) is 104 Å². The molecule has 2 fully saturated rings. The Morgan fingerprint density at radius 1 is 0.763 bits per heavy atom. The fourth-order valence-corrected chi connectivity index (χ4v) is 4.77. The molecule has 0 aromatic heterocycles. The van der Waals surface area contributed by atoms with Crippen LogP contribution in [0.2, 0.25) is 0 Å². The van der Waals surface area contributed by atoms with E-state index in [2.05, 4.69) is 21.9 Å². The number of para-hydroxylation sites is 2. The van der Waals surface area contributed by atoms with E-state index in [4.69, 9.17) is 34.0 Å². The van der Waals surface area contributed by atoms with Crippen LogP contribution >= 0.6 is 0 Å². The predicted octanol–water partition coefficient (Wildman–Crippen LogP) is 2.29. The molecule has 2 aromatic carbocycles. The Bertz CT molecular complexity index is 1080. The molecular formula is C27H35N3O8. The number of piperazine rings is 1. The first kappa shape index (κ1) is 28.6. The molecule has 2 N–H and O–H groups in total. The Hall–Kier alpha value is -3.99. The molecule has 4 rings (SSSR count). The molecule has 0 radical (unpaired) electrons. The van der Waals surface area contributed by atoms with Crippen molar-refractivity contribution in [2.24, 2.45) is 0 Å². The number of likely N-dealkylation sites (tertiary alicyclic amines) is 1. The lowest BCUT2D eigenvalue weighted by Crippen LogP contribution is -2.53. The molecular weight excluding hydrogens is 494 g/mol. The molecule has 2 aliphatic rings. The van der Waals surface area contributed by atoms with Gasteiger partial charge in [0.1, 0.15) is 17.2 Å². The zero-order valence-electron chi connectivity index (χ0n) is 22.0. The Morgan fingerprint density at radius 2 is 1.32 bits per heavy atom. The van der Waals surface area contributed by atoms with Crippen molar-refractivity contribution in [1.29, 1.82) is 0 Å². The average Bonchev–Trinajstić information content (AvgIpc) is 2.96. The van der Waals surface area contributed by atoms with Crippen LogP contribution in [0.1, 0.15) is 23.2 Å². The third-order valence-electron chi connectivity index (χ3n) is 6.79. The third kappa shape index (κ3) is 7.28. The molecule has 0 unspecified atom stereocenters. The normalized spacial score (nSPS) is 16.2. The van der Waals surface area contributed by atoms with Gasteiger partial charge < -0.3 is 34.2 Å². The average molecular weight is 530 g/mol. The monoisotopic (exact) mass is 529 g/mol. The van der Waals surface area contributed by atoms with E-state index in [0.717, 1.165) is 57.9 Å². The number of carboxylic acids is 2. The number of carboxylic acid groups (broad SMARTS) is 2. The molecule has 0 saturated carbocycles. The highest BCUT2D eigenvalue weighted by Crippen LogP contribution is 2.30. The summed E-state index contributed by atoms with van der Waals surface area (Å²) in [5, 5.41) is 14.8. The van der Waals surface area contributed by atoms with Gasteiger partial charge in [0.05, 0.1) is 27.0 Å². The van der Waals surface area contributed by atoms with Gasteiger partial charge in [0, 0.05) is 56.9 Å². The largest absolute Gasteiger partial charge is 0.497 e. The SMILES string of the molecule is COc1cc(OC)cc(C(=O)N2CCC(N3CCN(c4ccccc4OC)CC3)CC2)c1.O=C(O)C(=O)O. The lowest BCUT2D eigenvalue weighted by molar-refractivity contribution is -0.159. The predicted molar refractivity (Wildman–Crippen MR) is 141 cm³/mol. The summed E-state index contributed by atoms with van der Waals surface area (Å²) < 4.78 is 16.2. The number of ether oxygens (including phenoxy) is 3. The summed E-state index contributed by atoms with van der Waals surface area (Å²) in [4.78, 5) is 38.2. The number of aliphatic carboxylic acids is 2. The van der Waals surface area contributed by atoms with E-state index >= 15 is 0 Å². The number of anilines is 1. The van der Waals surface area contributed by atoms with Crippen molar-refractivity contribution in [2.45, 2.75) is 18.9 Å². The van der Waals surface area contributed by atoms with E-state index in [9.17, 15) is 4.79 Å². The van der Waals surface area contributed by atoms with Crippen LogP contribution < -0.4 is 19.1 Å². The zero-order chi connectivity index (χ0) is 27.7. The van der Waals surface area contributed by atoms with E-state index in [1.807, 2.05) is 17.0 Å². The second-order valence-corrected chi connectivity index (χ2v) is 8.93. The molecule has 0 spiro atoms. The van der Waals surface area contributed by atoms with Crippen molar-refractivity contribution >= 4 is 23.5 Å². The Kier molecular flexibility index (Phi) is 10.2. The second-order valence-electron chi connectivity index (χ2n) is 8.93. The van der Waals surface area contributed by atoms with Crippen LogP contribution in [0.3, 0.4) is 0 Å². The van der Waals surface area contributed by atoms with E-state index in [1.54, 1.807) is 39.5 Å². The van der Waals surface area contributed by atoms with Crippen LogP contribution in [0.4, 0.5) is 5.69 Å². The zero-order valence-corrected chi connectivity index (χ0v) is 22.0. The first-order valence-corrected chi connectivity index (χ1v) is 12.4. The summed E-state index contributed by atoms with van der Waals surface area (Å²) in [5.41, 5.74) is 1.79. The maximum absolute atomic E-state index is 13.1. The molecule has 1 amide bonds. The van der Waals surface area contributed by atoms with Crippen LogP contribution in [-0.2, 0) is 9.59 Å². The third-order valence-corrected chi connectivity index (χ3v) is 6.79. The number of carbonyl (C=O) groups excluding carboxylic acids is 1. The van der Waals surface area contributed by atoms with Crippen LogP contribution in [0.25, 0.3) is 0 Å². The highest BCUT2D eigenvalue weighted by molar-refractivity contribution is 6.27. The van der Waals surface area contributed by atoms with Gasteiger partial charge in [0.25, 0.3) is 5.91 Å². The van der Waals surface area contributed by atoms with Gasteiger partial charge in [-0.2, -0.15) is 0 Å². The minimum atomic E-state index is -1.82. The van der Waals surface area contributed by atoms with Gasteiger partial charge >= 0.3 is 11.9 Å². The van der Waals surface area contributed by atoms with E-state index < -0.39 is 11.9 Å². The molecule has 0 bridgehead atoms. The Morgan fingerprint density at radius 3 is 1.82 bits per heavy atom. The maximum Gasteiger partial charge on any atom is 0.414 e. The molecule has 38 heavy (non-hydrogen) atoms. The Balaban J connectivity index is 0.000000599. The number of hydrogen-bond donors (Lipinski definition) is 2. The number of benzene rings is 2. The van der Waals surface area contributed by atoms with Gasteiger partial charge in [-0.25, -0.2) is 9.59 Å². The smallest absolute Gasteiger partial charge is 0.414 e. The molecule has 0 aliphatic carbocycles. The fourth-order valence-electron chi connectivity index (χ4n) is 4.77. The second kappa shape index (κ2) is 13.5. The van der Waals surface area contributed by atoms with Gasteiger partial charge in [-0.3, -0.25) is 9.69 Å². The van der Waals surface area contributed by atoms with Crippen LogP contribution in [0.15, 0.2) is 42.5 Å². The highest BCUT2D eigenvalue weighted by atomic mass is 16.5. The minimum Gasteiger partial charge on any atom is -0.497 e. The molecule has 2 aromatic rings. The summed E-state index contributed by atoms with van der Waals surface area (Å²) >= 11 is 0. The number of piperidine rings is 1. The number of amides is 1. The summed E-state index contributed by atoms with van der Waals surface area (Å²) in [6.07, 6.45) is 2.00. The maximum atomic E-state index is 13.1. The van der Waals surface area contributed by atoms with Gasteiger partial charge in [-0.15, -0.1) is 0 Å². The van der Waals surface area contributed by atoms with Crippen LogP contribution in [0.5, 0.6) is 17.2 Å². The van der Waals surface area contributed by atoms with E-state index in [-0.39, 0.29) is 5.91 Å². The number of hydrogen-bond acceptors (Lipinski definition) is 8. The molecule has 0 atom stereocenters. The van der Waals surface area contributed by atoms with Crippen molar-refractivity contribution in [3.63, 3.8) is 0 Å². The molecule has 2 heterocycles. The Labute approximate surface area is 222 Å². The molecule has 11 nitrogen and oxygen atoms in total. The topological polar surface area (TPSA) is 129 Å². The van der Waals surface area contributed by atoms with Crippen LogP contribution in [0, 0.1) is 0 Å². The van der Waals surface area contributed by atoms with Gasteiger partial charge in [-0.05, 0) is 37.1 Å². The number of carbonyl (C=O) groups is 3. The number of nitrogens with zero attached hydrogens (tertiary/aromatic N) is 3. The van der Waals surface area contributed by atoms with Crippen molar-refractivity contribution in [2.75, 3.05) is 65.5 Å². The molecule has 11 heteroatoms. The summed E-state index contributed by atoms with van der Waals surface area (Å²) in [7, 11) is 4.93. The summed E-state index contributed by atoms with van der Waals surface area (Å²) in [6, 6.07) is 14.1. The van der Waals surface area contributed by atoms with Gasteiger partial charge in [-0.1, -0.05) is 12.1 Å². The summed E-state index contributed by atoms with van der Waals surface area (Å²) in [5.74, 6) is -1.40. The van der Waals surface area contributed by atoms with Crippen molar-refractivity contribution in [1.82, 2.24) is 9.80 Å². The summed E-state index contributed by atoms with van der Waals surface area (Å²) in [6.45, 7) is 5.59. The number of methoxy groups -OCH3 is 3. The first-order valence-electron chi connectivity index (χ1n) is 12.4. The van der Waals surface area contributed by atoms with E-state index in [1.165, 1.54) is 5.69 Å². The van der Waals surface area contributed by atoms with Gasteiger partial charge in [0.15, 0.2) is 0 Å². The molecule has 2 saturated heterocycles. The van der Waals surface area contributed by atoms with Crippen molar-refractivity contribution in [3.8, 4) is 17.2 Å². The first-order chi connectivity index (χ1) is 18.3. The van der Waals surface area contributed by atoms with Crippen molar-refractivity contribution in [3.05, 3.63) is 48.0 Å². The quantitative estimate of drug-likeness (QED) is 0.538. The molecule has 2 aliphatic heterocycles.